The lowest BCUT2D eigenvalue weighted by Gasteiger charge is -2.64. The Morgan fingerprint density at radius 2 is 2.00 bits per heavy atom. The van der Waals surface area contributed by atoms with Crippen LogP contribution in [0.5, 0.6) is 11.5 Å². The maximum Gasteiger partial charge on any atom is 0.161 e. The van der Waals surface area contributed by atoms with E-state index in [1.165, 1.54) is 31.2 Å². The van der Waals surface area contributed by atoms with Crippen LogP contribution >= 0.6 is 0 Å². The molecule has 1 aromatic rings. The Labute approximate surface area is 138 Å². The summed E-state index contributed by atoms with van der Waals surface area (Å²) in [6.45, 7) is 3.19. The summed E-state index contributed by atoms with van der Waals surface area (Å²) in [5, 5.41) is 3.91. The Morgan fingerprint density at radius 3 is 2.65 bits per heavy atom. The van der Waals surface area contributed by atoms with Gasteiger partial charge in [0.25, 0.3) is 0 Å². The van der Waals surface area contributed by atoms with Crippen molar-refractivity contribution in [1.82, 2.24) is 5.32 Å². The van der Waals surface area contributed by atoms with E-state index in [9.17, 15) is 0 Å². The molecule has 1 aromatic carbocycles. The fraction of sp³-hybridized carbons (Fsp3) is 0.684. The van der Waals surface area contributed by atoms with Crippen molar-refractivity contribution in [3.8, 4) is 11.5 Å². The van der Waals surface area contributed by atoms with Crippen molar-refractivity contribution >= 4 is 0 Å². The van der Waals surface area contributed by atoms with Crippen molar-refractivity contribution in [1.29, 1.82) is 0 Å². The summed E-state index contributed by atoms with van der Waals surface area (Å²) in [4.78, 5) is 0. The lowest BCUT2D eigenvalue weighted by molar-refractivity contribution is -0.178. The average molecular weight is 317 g/mol. The standard InChI is InChI=1S/C19H27NO3/c1-12(13-5-6-15(21-2)16(11-13)22-3)20-17-14-7-10-23-18(14)19(17)8-4-9-19/h5-6,11-12,14,17-18,20H,4,7-10H2,1-3H3/t12-,14+,17+,18+/m0/s1. The fourth-order valence-corrected chi connectivity index (χ4v) is 4.98. The molecule has 0 amide bonds. The molecule has 1 spiro atoms. The molecule has 4 nitrogen and oxygen atoms in total. The number of rotatable bonds is 5. The van der Waals surface area contributed by atoms with Crippen LogP contribution in [0.3, 0.4) is 0 Å². The molecule has 4 rings (SSSR count). The van der Waals surface area contributed by atoms with Gasteiger partial charge in [-0.1, -0.05) is 12.5 Å². The molecular weight excluding hydrogens is 290 g/mol. The number of benzene rings is 1. The van der Waals surface area contributed by atoms with Crippen LogP contribution in [0.15, 0.2) is 18.2 Å². The summed E-state index contributed by atoms with van der Waals surface area (Å²) in [6.07, 6.45) is 5.74. The second-order valence-electron chi connectivity index (χ2n) is 7.31. The number of methoxy groups -OCH3 is 2. The van der Waals surface area contributed by atoms with Gasteiger partial charge in [0.15, 0.2) is 11.5 Å². The van der Waals surface area contributed by atoms with Gasteiger partial charge in [0, 0.05) is 30.0 Å². The summed E-state index contributed by atoms with van der Waals surface area (Å²) < 4.78 is 16.8. The molecule has 0 radical (unpaired) electrons. The zero-order valence-electron chi connectivity index (χ0n) is 14.3. The van der Waals surface area contributed by atoms with E-state index in [4.69, 9.17) is 14.2 Å². The van der Waals surface area contributed by atoms with Crippen molar-refractivity contribution in [2.75, 3.05) is 20.8 Å². The van der Waals surface area contributed by atoms with Gasteiger partial charge < -0.3 is 19.5 Å². The Hall–Kier alpha value is -1.26. The third-order valence-electron chi connectivity index (χ3n) is 6.37. The van der Waals surface area contributed by atoms with Gasteiger partial charge in [0.2, 0.25) is 0 Å². The average Bonchev–Trinajstić information content (AvgIpc) is 2.95. The largest absolute Gasteiger partial charge is 0.493 e. The highest BCUT2D eigenvalue weighted by molar-refractivity contribution is 5.43. The Balaban J connectivity index is 1.50. The minimum Gasteiger partial charge on any atom is -0.493 e. The van der Waals surface area contributed by atoms with Crippen LogP contribution in [0.2, 0.25) is 0 Å². The molecule has 3 aliphatic rings. The van der Waals surface area contributed by atoms with Gasteiger partial charge in [-0.15, -0.1) is 0 Å². The molecule has 3 fully saturated rings. The number of nitrogens with one attached hydrogen (secondary N) is 1. The van der Waals surface area contributed by atoms with Crippen LogP contribution in [0.25, 0.3) is 0 Å². The maximum absolute atomic E-state index is 6.02. The number of ether oxygens (including phenoxy) is 3. The highest BCUT2D eigenvalue weighted by Gasteiger charge is 2.66. The van der Waals surface area contributed by atoms with Gasteiger partial charge in [-0.25, -0.2) is 0 Å². The Bertz CT molecular complexity index is 584. The van der Waals surface area contributed by atoms with Crippen LogP contribution in [0.1, 0.15) is 44.2 Å². The molecule has 2 saturated carbocycles. The molecule has 0 aromatic heterocycles. The highest BCUT2D eigenvalue weighted by Crippen LogP contribution is 2.63. The normalized spacial score (nSPS) is 31.9. The number of fused-ring (bicyclic) bond motifs is 2. The van der Waals surface area contributed by atoms with Gasteiger partial charge in [0.05, 0.1) is 20.3 Å². The van der Waals surface area contributed by atoms with Gasteiger partial charge in [0.1, 0.15) is 0 Å². The van der Waals surface area contributed by atoms with E-state index in [1.54, 1.807) is 14.2 Å². The lowest BCUT2D eigenvalue weighted by atomic mass is 9.46. The van der Waals surface area contributed by atoms with E-state index >= 15 is 0 Å². The molecule has 126 valence electrons. The van der Waals surface area contributed by atoms with Gasteiger partial charge in [-0.3, -0.25) is 0 Å². The molecule has 1 heterocycles. The fourth-order valence-electron chi connectivity index (χ4n) is 4.98. The molecule has 1 N–H and O–H groups in total. The third-order valence-corrected chi connectivity index (χ3v) is 6.37. The van der Waals surface area contributed by atoms with E-state index < -0.39 is 0 Å². The van der Waals surface area contributed by atoms with Crippen molar-refractivity contribution in [3.63, 3.8) is 0 Å². The van der Waals surface area contributed by atoms with Crippen LogP contribution in [-0.2, 0) is 4.74 Å². The topological polar surface area (TPSA) is 39.7 Å². The summed E-state index contributed by atoms with van der Waals surface area (Å²) in [6, 6.07) is 7.12. The predicted octanol–water partition coefficient (Wildman–Crippen LogP) is 3.31. The zero-order chi connectivity index (χ0) is 16.0. The molecule has 4 atom stereocenters. The third kappa shape index (κ3) is 2.18. The minimum absolute atomic E-state index is 0.304. The van der Waals surface area contributed by atoms with Gasteiger partial charge in [-0.2, -0.15) is 0 Å². The van der Waals surface area contributed by atoms with Crippen molar-refractivity contribution in [3.05, 3.63) is 23.8 Å². The zero-order valence-corrected chi connectivity index (χ0v) is 14.3. The van der Waals surface area contributed by atoms with E-state index in [1.807, 2.05) is 6.07 Å². The van der Waals surface area contributed by atoms with Crippen molar-refractivity contribution < 1.29 is 14.2 Å². The molecule has 1 saturated heterocycles. The molecule has 23 heavy (non-hydrogen) atoms. The monoisotopic (exact) mass is 317 g/mol. The second kappa shape index (κ2) is 5.67. The van der Waals surface area contributed by atoms with Crippen molar-refractivity contribution in [2.45, 2.75) is 50.8 Å². The van der Waals surface area contributed by atoms with E-state index in [0.29, 0.717) is 29.5 Å². The summed E-state index contributed by atoms with van der Waals surface area (Å²) >= 11 is 0. The quantitative estimate of drug-likeness (QED) is 0.904. The summed E-state index contributed by atoms with van der Waals surface area (Å²) in [7, 11) is 3.36. The first-order valence-corrected chi connectivity index (χ1v) is 8.79. The van der Waals surface area contributed by atoms with E-state index in [2.05, 4.69) is 24.4 Å². The molecule has 0 bridgehead atoms. The maximum atomic E-state index is 6.02. The Morgan fingerprint density at radius 1 is 1.22 bits per heavy atom. The van der Waals surface area contributed by atoms with Crippen molar-refractivity contribution in [2.24, 2.45) is 11.3 Å². The van der Waals surface area contributed by atoms with Crippen LogP contribution in [0.4, 0.5) is 0 Å². The Kier molecular flexibility index (Phi) is 3.77. The summed E-state index contributed by atoms with van der Waals surface area (Å²) in [5.74, 6) is 2.29. The first-order valence-electron chi connectivity index (χ1n) is 8.79. The smallest absolute Gasteiger partial charge is 0.161 e. The number of hydrogen-bond donors (Lipinski definition) is 1. The summed E-state index contributed by atoms with van der Waals surface area (Å²) in [5.41, 5.74) is 1.67. The van der Waals surface area contributed by atoms with Crippen LogP contribution in [0, 0.1) is 11.3 Å². The van der Waals surface area contributed by atoms with E-state index in [-0.39, 0.29) is 0 Å². The number of hydrogen-bond acceptors (Lipinski definition) is 4. The molecular formula is C19H27NO3. The predicted molar refractivity (Wildman–Crippen MR) is 89.0 cm³/mol. The molecule has 1 aliphatic heterocycles. The molecule has 0 unspecified atom stereocenters. The SMILES string of the molecule is COc1ccc([C@H](C)N[C@@H]2[C@H]3CCO[C@H]3C23CCC3)cc1OC. The minimum atomic E-state index is 0.304. The lowest BCUT2D eigenvalue weighted by Crippen LogP contribution is -2.71. The second-order valence-corrected chi connectivity index (χ2v) is 7.31. The van der Waals surface area contributed by atoms with Crippen LogP contribution in [-0.4, -0.2) is 33.0 Å². The molecule has 2 aliphatic carbocycles. The van der Waals surface area contributed by atoms with Gasteiger partial charge in [-0.05, 0) is 43.9 Å². The van der Waals surface area contributed by atoms with E-state index in [0.717, 1.165) is 18.1 Å². The van der Waals surface area contributed by atoms with Gasteiger partial charge >= 0.3 is 0 Å². The highest BCUT2D eigenvalue weighted by atomic mass is 16.5. The first-order chi connectivity index (χ1) is 11.2. The molecule has 4 heteroatoms. The first kappa shape index (κ1) is 15.3. The van der Waals surface area contributed by atoms with Crippen LogP contribution < -0.4 is 14.8 Å².